The molecule has 346 valence electrons. The van der Waals surface area contributed by atoms with Crippen molar-refractivity contribution in [1.82, 2.24) is 14.5 Å². The Morgan fingerprint density at radius 1 is 0.643 bits per heavy atom. The number of nitrogens with zero attached hydrogens (tertiary/aromatic N) is 3. The number of pyridine rings is 1. The number of rotatable bonds is 8. The summed E-state index contributed by atoms with van der Waals surface area (Å²) in [5.41, 5.74) is 11.9. The Kier molecular flexibility index (Phi) is 11.4. The van der Waals surface area contributed by atoms with Gasteiger partial charge >= 0.3 is 21.1 Å². The minimum Gasteiger partial charge on any atom is -0.501 e. The van der Waals surface area contributed by atoms with E-state index in [1.54, 1.807) is 6.20 Å². The van der Waals surface area contributed by atoms with E-state index in [0.717, 1.165) is 103 Å². The summed E-state index contributed by atoms with van der Waals surface area (Å²) in [6, 6.07) is 62.4. The molecule has 0 radical (unpaired) electrons. The minimum atomic E-state index is -0.511. The van der Waals surface area contributed by atoms with E-state index in [4.69, 9.17) is 14.1 Å². The molecule has 3 aromatic heterocycles. The van der Waals surface area contributed by atoms with Gasteiger partial charge in [-0.1, -0.05) is 161 Å². The fourth-order valence-corrected chi connectivity index (χ4v) is 10.3. The van der Waals surface area contributed by atoms with Gasteiger partial charge in [-0.25, -0.2) is 0 Å². The van der Waals surface area contributed by atoms with Crippen LogP contribution in [0, 0.1) is 17.5 Å². The normalized spacial score (nSPS) is 14.7. The van der Waals surface area contributed by atoms with Gasteiger partial charge in [0, 0.05) is 42.5 Å². The standard InChI is InChI=1S/C64H53N3O2.Pt/c1-63(2,3)57-37-46(41-12-7-6-8-13-41)24-26-59(57)67-33-32-66-62(67)56-39-51(68-50-15-11-14-49(35-50)58-16-9-10-31-65-58)38-55-54-36-48-22-21-47-34-45(23-25-52(47)53(48)40-60(54)69-61(55)56)43-19-17-42(18-20-43)44-27-29-64(4,5)30-28-44;/h6-26,31-34,36-38,40,44H,27-30H2,1-5H3;/q-2;+2/i44D;. The maximum absolute atomic E-state index is 9.31. The van der Waals surface area contributed by atoms with Crippen LogP contribution < -0.4 is 4.74 Å². The van der Waals surface area contributed by atoms with Crippen LogP contribution in [0.25, 0.3) is 94.1 Å². The van der Waals surface area contributed by atoms with E-state index in [1.165, 1.54) is 11.1 Å². The van der Waals surface area contributed by atoms with Crippen molar-refractivity contribution in [2.45, 2.75) is 71.6 Å². The Morgan fingerprint density at radius 3 is 2.14 bits per heavy atom. The minimum absolute atomic E-state index is 0. The molecule has 6 heteroatoms. The largest absolute Gasteiger partial charge is 2.00 e. The molecule has 0 amide bonds. The molecule has 0 atom stereocenters. The predicted molar refractivity (Wildman–Crippen MR) is 283 cm³/mol. The molecule has 0 bridgehead atoms. The smallest absolute Gasteiger partial charge is 0.501 e. The summed E-state index contributed by atoms with van der Waals surface area (Å²) in [6.45, 7) is 11.4. The Labute approximate surface area is 425 Å². The van der Waals surface area contributed by atoms with Gasteiger partial charge in [0.2, 0.25) is 0 Å². The first-order valence-corrected chi connectivity index (χ1v) is 24.1. The Morgan fingerprint density at radius 2 is 1.37 bits per heavy atom. The van der Waals surface area contributed by atoms with E-state index in [2.05, 4.69) is 172 Å². The molecule has 70 heavy (non-hydrogen) atoms. The van der Waals surface area contributed by atoms with Gasteiger partial charge in [0.15, 0.2) is 0 Å². The summed E-state index contributed by atoms with van der Waals surface area (Å²) in [4.78, 5) is 9.61. The van der Waals surface area contributed by atoms with Gasteiger partial charge in [0.05, 0.1) is 11.4 Å². The summed E-state index contributed by atoms with van der Waals surface area (Å²) in [7, 11) is 0. The average Bonchev–Trinajstić information content (AvgIpc) is 4.02. The van der Waals surface area contributed by atoms with Gasteiger partial charge in [0.1, 0.15) is 5.58 Å². The predicted octanol–water partition coefficient (Wildman–Crippen LogP) is 17.5. The molecule has 1 fully saturated rings. The van der Waals surface area contributed by atoms with Crippen LogP contribution in [0.15, 0.2) is 181 Å². The third-order valence-electron chi connectivity index (χ3n) is 14.2. The van der Waals surface area contributed by atoms with Gasteiger partial charge in [-0.15, -0.1) is 23.8 Å². The van der Waals surface area contributed by atoms with E-state index in [1.807, 2.05) is 54.9 Å². The number of hydrogen-bond acceptors (Lipinski definition) is 4. The molecule has 0 N–H and O–H groups in total. The van der Waals surface area contributed by atoms with Gasteiger partial charge < -0.3 is 18.7 Å². The van der Waals surface area contributed by atoms with Gasteiger partial charge in [-0.2, -0.15) is 0 Å². The molecule has 1 aliphatic rings. The molecule has 0 saturated heterocycles. The summed E-state index contributed by atoms with van der Waals surface area (Å²) in [5.74, 6) is 1.25. The van der Waals surface area contributed by atoms with E-state index in [0.29, 0.717) is 33.9 Å². The number of fused-ring (bicyclic) bond motifs is 6. The molecule has 1 aliphatic carbocycles. The molecule has 0 spiro atoms. The fourth-order valence-electron chi connectivity index (χ4n) is 10.3. The van der Waals surface area contributed by atoms with Crippen LogP contribution in [0.3, 0.4) is 0 Å². The quantitative estimate of drug-likeness (QED) is 0.112. The van der Waals surface area contributed by atoms with Crippen molar-refractivity contribution in [2.75, 3.05) is 0 Å². The molecule has 8 aromatic carbocycles. The van der Waals surface area contributed by atoms with Crippen LogP contribution >= 0.6 is 0 Å². The zero-order valence-corrected chi connectivity index (χ0v) is 42.3. The van der Waals surface area contributed by atoms with Crippen molar-refractivity contribution in [2.24, 2.45) is 5.41 Å². The van der Waals surface area contributed by atoms with Crippen LogP contribution in [0.2, 0.25) is 0 Å². The topological polar surface area (TPSA) is 53.1 Å². The van der Waals surface area contributed by atoms with Crippen molar-refractivity contribution in [3.8, 4) is 62.1 Å². The van der Waals surface area contributed by atoms with Crippen molar-refractivity contribution >= 4 is 43.5 Å². The van der Waals surface area contributed by atoms with Crippen molar-refractivity contribution in [3.63, 3.8) is 0 Å². The zero-order chi connectivity index (χ0) is 47.8. The molecule has 3 heterocycles. The summed E-state index contributed by atoms with van der Waals surface area (Å²) < 4.78 is 25.2. The number of ether oxygens (including phenoxy) is 1. The summed E-state index contributed by atoms with van der Waals surface area (Å²) in [6.07, 6.45) is 9.64. The van der Waals surface area contributed by atoms with Crippen LogP contribution in [-0.2, 0) is 26.5 Å². The second-order valence-corrected chi connectivity index (χ2v) is 20.5. The maximum Gasteiger partial charge on any atom is 2.00 e. The second-order valence-electron chi connectivity index (χ2n) is 20.5. The van der Waals surface area contributed by atoms with Gasteiger partial charge in [0.25, 0.3) is 0 Å². The van der Waals surface area contributed by atoms with Crippen molar-refractivity contribution in [1.29, 1.82) is 0 Å². The monoisotopic (exact) mass is 1090 g/mol. The van der Waals surface area contributed by atoms with Crippen LogP contribution in [0.4, 0.5) is 0 Å². The Bertz CT molecular complexity index is 3770. The van der Waals surface area contributed by atoms with Crippen LogP contribution in [0.1, 0.15) is 78.7 Å². The molecular formula is C64H53N3O2Pt. The van der Waals surface area contributed by atoms with Crippen molar-refractivity contribution in [3.05, 3.63) is 200 Å². The molecule has 5 nitrogen and oxygen atoms in total. The number of imidazole rings is 1. The van der Waals surface area contributed by atoms with Crippen LogP contribution in [0.5, 0.6) is 11.5 Å². The summed E-state index contributed by atoms with van der Waals surface area (Å²) in [5, 5.41) is 6.40. The first-order valence-electron chi connectivity index (χ1n) is 24.6. The maximum atomic E-state index is 9.31. The third-order valence-corrected chi connectivity index (χ3v) is 14.2. The van der Waals surface area contributed by atoms with Gasteiger partial charge in [-0.3, -0.25) is 4.98 Å². The first-order chi connectivity index (χ1) is 33.9. The second kappa shape index (κ2) is 18.0. The Balaban J connectivity index is 0.00000547. The molecule has 0 unspecified atom stereocenters. The molecular weight excluding hydrogens is 1040 g/mol. The molecule has 1 saturated carbocycles. The van der Waals surface area contributed by atoms with E-state index < -0.39 is 5.89 Å². The number of hydrogen-bond donors (Lipinski definition) is 0. The zero-order valence-electron chi connectivity index (χ0n) is 41.0. The number of benzene rings is 8. The first kappa shape index (κ1) is 44.2. The third kappa shape index (κ3) is 8.56. The SMILES string of the molecule is [2H]C1(c2ccc(-c3ccc4c(ccc5cc6c(cc54)oc4c(-c5nccn5-c5ccc(-c7ccccc7)cc5C(C)(C)C)[c-]c(Oc5[c-]c(-c7ccccn7)ccc5)cc46)c3)cc2)CCC(C)(C)CC1.[Pt+2]. The number of aromatic nitrogens is 3. The van der Waals surface area contributed by atoms with E-state index in [9.17, 15) is 1.37 Å². The molecule has 12 rings (SSSR count). The number of furan rings is 1. The fraction of sp³-hybridized carbons (Fsp3) is 0.188. The van der Waals surface area contributed by atoms with Gasteiger partial charge in [-0.05, 0) is 139 Å². The van der Waals surface area contributed by atoms with Crippen LogP contribution in [-0.4, -0.2) is 14.5 Å². The molecule has 11 aromatic rings. The van der Waals surface area contributed by atoms with Crippen molar-refractivity contribution < 1.29 is 31.6 Å². The molecule has 0 aliphatic heterocycles. The summed E-state index contributed by atoms with van der Waals surface area (Å²) >= 11 is 0. The van der Waals surface area contributed by atoms with E-state index in [-0.39, 0.29) is 26.5 Å². The Hall–Kier alpha value is -7.07. The average molecular weight is 1090 g/mol. The van der Waals surface area contributed by atoms with E-state index >= 15 is 0 Å².